The van der Waals surface area contributed by atoms with Crippen LogP contribution in [-0.2, 0) is 4.79 Å². The Morgan fingerprint density at radius 2 is 2.27 bits per heavy atom. The van der Waals surface area contributed by atoms with Crippen molar-refractivity contribution in [2.75, 3.05) is 6.54 Å². The summed E-state index contributed by atoms with van der Waals surface area (Å²) >= 11 is 0. The highest BCUT2D eigenvalue weighted by Gasteiger charge is 2.70. The Balaban J connectivity index is 1.58. The molecule has 0 unspecified atom stereocenters. The monoisotopic (exact) mass is 297 g/mol. The molecule has 22 heavy (non-hydrogen) atoms. The lowest BCUT2D eigenvalue weighted by Gasteiger charge is -2.37. The van der Waals surface area contributed by atoms with Crippen LogP contribution < -0.4 is 10.1 Å². The van der Waals surface area contributed by atoms with E-state index >= 15 is 0 Å². The van der Waals surface area contributed by atoms with E-state index in [1.807, 2.05) is 24.3 Å². The van der Waals surface area contributed by atoms with Crippen LogP contribution in [0.5, 0.6) is 5.75 Å². The van der Waals surface area contributed by atoms with Crippen LogP contribution in [0, 0.1) is 17.8 Å². The molecule has 0 saturated heterocycles. The Labute approximate surface area is 129 Å². The maximum atomic E-state index is 12.5. The summed E-state index contributed by atoms with van der Waals surface area (Å²) in [6.45, 7) is 4.11. The summed E-state index contributed by atoms with van der Waals surface area (Å²) in [7, 11) is 0. The molecule has 4 nitrogen and oxygen atoms in total. The van der Waals surface area contributed by atoms with Gasteiger partial charge in [-0.05, 0) is 30.9 Å². The molecule has 2 saturated carbocycles. The number of hydrogen-bond acceptors (Lipinski definition) is 3. The molecule has 4 atom stereocenters. The standard InChI is InChI=1S/C18H19NO3/c1-2-9-19-17(21)15-12-7-8-18(16(12)15)10-13(20)11-5-3-4-6-14(11)22-18/h2-6,12,15-16H,1,7-10H2,(H,19,21)/t12-,15-,16-,18+/m0/s1. The molecular weight excluding hydrogens is 278 g/mol. The van der Waals surface area contributed by atoms with Crippen molar-refractivity contribution in [1.29, 1.82) is 0 Å². The van der Waals surface area contributed by atoms with Gasteiger partial charge in [-0.3, -0.25) is 9.59 Å². The molecule has 1 aromatic carbocycles. The van der Waals surface area contributed by atoms with Crippen LogP contribution in [0.15, 0.2) is 36.9 Å². The summed E-state index contributed by atoms with van der Waals surface area (Å²) in [4.78, 5) is 24.7. The molecule has 1 aromatic rings. The van der Waals surface area contributed by atoms with Crippen molar-refractivity contribution >= 4 is 11.7 Å². The normalized spacial score (nSPS) is 34.5. The number of para-hydroxylation sites is 1. The second-order valence-corrected chi connectivity index (χ2v) is 6.55. The molecule has 0 aromatic heterocycles. The molecule has 1 heterocycles. The fourth-order valence-corrected chi connectivity index (χ4v) is 4.41. The van der Waals surface area contributed by atoms with Crippen LogP contribution in [0.4, 0.5) is 0 Å². The second kappa shape index (κ2) is 4.70. The largest absolute Gasteiger partial charge is 0.486 e. The molecule has 3 aliphatic rings. The fourth-order valence-electron chi connectivity index (χ4n) is 4.41. The number of carbonyl (C=O) groups is 2. The van der Waals surface area contributed by atoms with Crippen LogP contribution in [0.3, 0.4) is 0 Å². The number of ketones is 1. The Kier molecular flexibility index (Phi) is 2.90. The fraction of sp³-hybridized carbons (Fsp3) is 0.444. The van der Waals surface area contributed by atoms with Crippen molar-refractivity contribution in [3.63, 3.8) is 0 Å². The van der Waals surface area contributed by atoms with Crippen LogP contribution in [0.2, 0.25) is 0 Å². The highest BCUT2D eigenvalue weighted by molar-refractivity contribution is 6.00. The summed E-state index contributed by atoms with van der Waals surface area (Å²) in [5, 5.41) is 2.88. The number of rotatable bonds is 3. The minimum Gasteiger partial charge on any atom is -0.486 e. The molecule has 2 aliphatic carbocycles. The van der Waals surface area contributed by atoms with E-state index in [2.05, 4.69) is 11.9 Å². The smallest absolute Gasteiger partial charge is 0.224 e. The molecule has 0 bridgehead atoms. The van der Waals surface area contributed by atoms with Gasteiger partial charge in [-0.2, -0.15) is 0 Å². The van der Waals surface area contributed by atoms with Crippen LogP contribution in [0.1, 0.15) is 29.6 Å². The number of ether oxygens (including phenoxy) is 1. The predicted molar refractivity (Wildman–Crippen MR) is 81.7 cm³/mol. The lowest BCUT2D eigenvalue weighted by molar-refractivity contribution is -0.123. The average Bonchev–Trinajstić information content (AvgIpc) is 3.17. The maximum absolute atomic E-state index is 12.5. The first kappa shape index (κ1) is 13.6. The van der Waals surface area contributed by atoms with Crippen molar-refractivity contribution in [2.45, 2.75) is 24.9 Å². The van der Waals surface area contributed by atoms with Gasteiger partial charge in [0.15, 0.2) is 5.78 Å². The Bertz CT molecular complexity index is 668. The van der Waals surface area contributed by atoms with Gasteiger partial charge >= 0.3 is 0 Å². The van der Waals surface area contributed by atoms with E-state index in [9.17, 15) is 9.59 Å². The van der Waals surface area contributed by atoms with E-state index in [0.29, 0.717) is 30.2 Å². The van der Waals surface area contributed by atoms with Crippen LogP contribution in [-0.4, -0.2) is 23.8 Å². The molecule has 2 fully saturated rings. The molecule has 0 radical (unpaired) electrons. The Morgan fingerprint density at radius 3 is 3.09 bits per heavy atom. The maximum Gasteiger partial charge on any atom is 0.224 e. The third-order valence-corrected chi connectivity index (χ3v) is 5.36. The number of hydrogen-bond donors (Lipinski definition) is 1. The zero-order valence-electron chi connectivity index (χ0n) is 12.4. The van der Waals surface area contributed by atoms with Gasteiger partial charge in [0.1, 0.15) is 11.4 Å². The van der Waals surface area contributed by atoms with Gasteiger partial charge in [-0.1, -0.05) is 18.2 Å². The number of nitrogens with one attached hydrogen (secondary N) is 1. The first-order valence-electron chi connectivity index (χ1n) is 7.86. The van der Waals surface area contributed by atoms with E-state index < -0.39 is 5.60 Å². The lowest BCUT2D eigenvalue weighted by Crippen LogP contribution is -2.44. The Hall–Kier alpha value is -2.10. The summed E-state index contributed by atoms with van der Waals surface area (Å²) < 4.78 is 6.27. The zero-order chi connectivity index (χ0) is 15.3. The van der Waals surface area contributed by atoms with E-state index in [1.165, 1.54) is 0 Å². The molecule has 1 amide bonds. The number of fused-ring (bicyclic) bond motifs is 3. The van der Waals surface area contributed by atoms with Crippen molar-refractivity contribution in [1.82, 2.24) is 5.32 Å². The molecule has 114 valence electrons. The van der Waals surface area contributed by atoms with E-state index in [-0.39, 0.29) is 23.5 Å². The highest BCUT2D eigenvalue weighted by atomic mass is 16.5. The van der Waals surface area contributed by atoms with E-state index in [0.717, 1.165) is 12.8 Å². The average molecular weight is 297 g/mol. The summed E-state index contributed by atoms with van der Waals surface area (Å²) in [6, 6.07) is 7.42. The first-order valence-corrected chi connectivity index (χ1v) is 7.86. The number of carbonyl (C=O) groups excluding carboxylic acids is 2. The zero-order valence-corrected chi connectivity index (χ0v) is 12.4. The summed E-state index contributed by atoms with van der Waals surface area (Å²) in [5.74, 6) is 1.42. The van der Waals surface area contributed by atoms with Crippen LogP contribution >= 0.6 is 0 Å². The van der Waals surface area contributed by atoms with Gasteiger partial charge in [0.25, 0.3) is 0 Å². The minimum atomic E-state index is -0.466. The van der Waals surface area contributed by atoms with E-state index in [1.54, 1.807) is 6.08 Å². The topological polar surface area (TPSA) is 55.4 Å². The molecule has 1 spiro atoms. The third kappa shape index (κ3) is 1.83. The SMILES string of the molecule is C=CCNC(=O)[C@H]1[C@@H]2CC[C@@]3(CC(=O)c4ccccc4O3)[C@@H]21. The lowest BCUT2D eigenvalue weighted by atomic mass is 9.84. The first-order chi connectivity index (χ1) is 10.7. The van der Waals surface area contributed by atoms with E-state index in [4.69, 9.17) is 4.74 Å². The third-order valence-electron chi connectivity index (χ3n) is 5.36. The minimum absolute atomic E-state index is 0.00763. The van der Waals surface area contributed by atoms with Crippen LogP contribution in [0.25, 0.3) is 0 Å². The Morgan fingerprint density at radius 1 is 1.45 bits per heavy atom. The van der Waals surface area contributed by atoms with Crippen molar-refractivity contribution in [2.24, 2.45) is 17.8 Å². The van der Waals surface area contributed by atoms with Crippen molar-refractivity contribution in [3.05, 3.63) is 42.5 Å². The van der Waals surface area contributed by atoms with Gasteiger partial charge in [0.05, 0.1) is 12.0 Å². The van der Waals surface area contributed by atoms with Gasteiger partial charge in [-0.25, -0.2) is 0 Å². The molecular formula is C18H19NO3. The summed E-state index contributed by atoms with van der Waals surface area (Å²) in [5.41, 5.74) is 0.205. The molecule has 1 N–H and O–H groups in total. The highest BCUT2D eigenvalue weighted by Crippen LogP contribution is 2.65. The van der Waals surface area contributed by atoms with Gasteiger partial charge in [0, 0.05) is 18.4 Å². The second-order valence-electron chi connectivity index (χ2n) is 6.55. The van der Waals surface area contributed by atoms with Gasteiger partial charge in [0.2, 0.25) is 5.91 Å². The number of amides is 1. The molecule has 4 rings (SSSR count). The van der Waals surface area contributed by atoms with Crippen molar-refractivity contribution < 1.29 is 14.3 Å². The van der Waals surface area contributed by atoms with Crippen molar-refractivity contribution in [3.8, 4) is 5.75 Å². The molecule has 1 aliphatic heterocycles. The number of Topliss-reactive ketones (excluding diaryl/α,β-unsaturated/α-hetero) is 1. The predicted octanol–water partition coefficient (Wildman–Crippen LogP) is 2.35. The molecule has 4 heteroatoms. The quantitative estimate of drug-likeness (QED) is 0.871. The summed E-state index contributed by atoms with van der Waals surface area (Å²) in [6.07, 6.45) is 3.92. The van der Waals surface area contributed by atoms with Gasteiger partial charge < -0.3 is 10.1 Å². The van der Waals surface area contributed by atoms with Gasteiger partial charge in [-0.15, -0.1) is 6.58 Å². The number of benzene rings is 1.